The molecule has 1 amide bonds. The van der Waals surface area contributed by atoms with Gasteiger partial charge in [-0.2, -0.15) is 0 Å². The maximum atomic E-state index is 13.6. The van der Waals surface area contributed by atoms with Gasteiger partial charge in [-0.3, -0.25) is 5.32 Å². The number of amides is 1. The van der Waals surface area contributed by atoms with Crippen LogP contribution in [0.15, 0.2) is 24.8 Å². The lowest BCUT2D eigenvalue weighted by Gasteiger charge is -2.10. The molecule has 5 nitrogen and oxygen atoms in total. The fourth-order valence-corrected chi connectivity index (χ4v) is 1.27. The van der Waals surface area contributed by atoms with Crippen LogP contribution >= 0.6 is 0 Å². The predicted molar refractivity (Wildman–Crippen MR) is 63.3 cm³/mol. The molecule has 0 heterocycles. The molecule has 2 N–H and O–H groups in total. The highest BCUT2D eigenvalue weighted by Gasteiger charge is 2.19. The van der Waals surface area contributed by atoms with E-state index in [1.54, 1.807) is 0 Å². The summed E-state index contributed by atoms with van der Waals surface area (Å²) in [6, 6.07) is 2.67. The van der Waals surface area contributed by atoms with E-state index in [1.807, 2.05) is 0 Å². The number of rotatable bonds is 4. The van der Waals surface area contributed by atoms with Crippen LogP contribution in [-0.2, 0) is 4.74 Å². The third-order valence-corrected chi connectivity index (χ3v) is 2.12. The van der Waals surface area contributed by atoms with Gasteiger partial charge in [-0.1, -0.05) is 18.7 Å². The molecule has 0 spiro atoms. The zero-order chi connectivity index (χ0) is 13.7. The Morgan fingerprint density at radius 3 is 2.78 bits per heavy atom. The normalized spacial score (nSPS) is 9.67. The maximum Gasteiger partial charge on any atom is 0.411 e. The molecule has 0 fully saturated rings. The van der Waals surface area contributed by atoms with E-state index in [2.05, 4.69) is 16.6 Å². The van der Waals surface area contributed by atoms with E-state index in [0.717, 1.165) is 0 Å². The second-order valence-electron chi connectivity index (χ2n) is 3.44. The highest BCUT2D eigenvalue weighted by Crippen LogP contribution is 2.22. The molecule has 96 valence electrons. The molecule has 18 heavy (non-hydrogen) atoms. The number of hydrogen-bond donors (Lipinski definition) is 2. The van der Waals surface area contributed by atoms with E-state index in [4.69, 9.17) is 5.11 Å². The summed E-state index contributed by atoms with van der Waals surface area (Å²) in [7, 11) is 0. The lowest BCUT2D eigenvalue weighted by atomic mass is 10.1. The van der Waals surface area contributed by atoms with Gasteiger partial charge in [-0.15, -0.1) is 0 Å². The van der Waals surface area contributed by atoms with Crippen molar-refractivity contribution in [1.29, 1.82) is 0 Å². The standard InChI is InChI=1S/C12H12FNO4/c1-3-6-18-12(17)14-8-5-4-7(2)10(13)9(8)11(15)16/h3-5H,1,6H2,2H3,(H,14,17)(H,15,16). The number of aryl methyl sites for hydroxylation is 1. The van der Waals surface area contributed by atoms with Crippen LogP contribution in [0.4, 0.5) is 14.9 Å². The molecule has 0 saturated carbocycles. The fraction of sp³-hybridized carbons (Fsp3) is 0.167. The molecule has 0 unspecified atom stereocenters. The highest BCUT2D eigenvalue weighted by molar-refractivity contribution is 5.99. The largest absolute Gasteiger partial charge is 0.478 e. The van der Waals surface area contributed by atoms with Crippen molar-refractivity contribution in [3.05, 3.63) is 41.7 Å². The van der Waals surface area contributed by atoms with Crippen molar-refractivity contribution in [2.75, 3.05) is 11.9 Å². The first-order valence-electron chi connectivity index (χ1n) is 5.04. The Bertz CT molecular complexity index is 499. The zero-order valence-electron chi connectivity index (χ0n) is 9.70. The number of carbonyl (C=O) groups is 2. The quantitative estimate of drug-likeness (QED) is 0.808. The molecule has 0 aromatic heterocycles. The summed E-state index contributed by atoms with van der Waals surface area (Å²) in [4.78, 5) is 22.2. The summed E-state index contributed by atoms with van der Waals surface area (Å²) in [5.41, 5.74) is -0.567. The zero-order valence-corrected chi connectivity index (χ0v) is 9.70. The predicted octanol–water partition coefficient (Wildman–Crippen LogP) is 2.57. The van der Waals surface area contributed by atoms with Crippen LogP contribution in [0.2, 0.25) is 0 Å². The van der Waals surface area contributed by atoms with Crippen LogP contribution in [-0.4, -0.2) is 23.8 Å². The molecule has 0 aliphatic carbocycles. The second kappa shape index (κ2) is 5.81. The fourth-order valence-electron chi connectivity index (χ4n) is 1.27. The van der Waals surface area contributed by atoms with Crippen molar-refractivity contribution in [3.8, 4) is 0 Å². The van der Waals surface area contributed by atoms with Gasteiger partial charge in [0.25, 0.3) is 0 Å². The third kappa shape index (κ3) is 3.07. The SMILES string of the molecule is C=CCOC(=O)Nc1ccc(C)c(F)c1C(=O)O. The number of anilines is 1. The minimum absolute atomic E-state index is 0.0252. The minimum Gasteiger partial charge on any atom is -0.478 e. The van der Waals surface area contributed by atoms with Gasteiger partial charge in [0.1, 0.15) is 18.0 Å². The summed E-state index contributed by atoms with van der Waals surface area (Å²) in [5.74, 6) is -2.35. The van der Waals surface area contributed by atoms with Gasteiger partial charge in [0.15, 0.2) is 0 Å². The number of carboxylic acid groups (broad SMARTS) is 1. The Morgan fingerprint density at radius 2 is 2.22 bits per heavy atom. The molecule has 0 bridgehead atoms. The second-order valence-corrected chi connectivity index (χ2v) is 3.44. The lowest BCUT2D eigenvalue weighted by Crippen LogP contribution is -2.17. The summed E-state index contributed by atoms with van der Waals surface area (Å²) in [6.45, 7) is 4.76. The van der Waals surface area contributed by atoms with Gasteiger partial charge in [-0.05, 0) is 18.6 Å². The van der Waals surface area contributed by atoms with Crippen LogP contribution in [0.1, 0.15) is 15.9 Å². The Balaban J connectivity index is 3.02. The summed E-state index contributed by atoms with van der Waals surface area (Å²) in [6.07, 6.45) is 0.480. The van der Waals surface area contributed by atoms with Gasteiger partial charge >= 0.3 is 12.1 Å². The topological polar surface area (TPSA) is 75.6 Å². The van der Waals surface area contributed by atoms with Crippen molar-refractivity contribution in [2.45, 2.75) is 6.92 Å². The van der Waals surface area contributed by atoms with Crippen molar-refractivity contribution in [3.63, 3.8) is 0 Å². The van der Waals surface area contributed by atoms with Crippen LogP contribution in [0.3, 0.4) is 0 Å². The Labute approximate surface area is 103 Å². The Kier molecular flexibility index (Phi) is 4.42. The smallest absolute Gasteiger partial charge is 0.411 e. The Morgan fingerprint density at radius 1 is 1.56 bits per heavy atom. The molecular formula is C12H12FNO4. The van der Waals surface area contributed by atoms with Crippen LogP contribution in [0.25, 0.3) is 0 Å². The molecule has 0 aliphatic rings. The van der Waals surface area contributed by atoms with Gasteiger partial charge in [0.05, 0.1) is 5.69 Å². The monoisotopic (exact) mass is 253 g/mol. The van der Waals surface area contributed by atoms with Crippen LogP contribution in [0, 0.1) is 12.7 Å². The van der Waals surface area contributed by atoms with Gasteiger partial charge in [0.2, 0.25) is 0 Å². The van der Waals surface area contributed by atoms with E-state index < -0.39 is 23.4 Å². The molecule has 1 rings (SSSR count). The number of nitrogens with one attached hydrogen (secondary N) is 1. The average Bonchev–Trinajstić information content (AvgIpc) is 2.31. The number of ether oxygens (including phenoxy) is 1. The van der Waals surface area contributed by atoms with Gasteiger partial charge in [-0.25, -0.2) is 14.0 Å². The molecule has 6 heteroatoms. The molecular weight excluding hydrogens is 241 g/mol. The molecule has 0 aliphatic heterocycles. The number of carbonyl (C=O) groups excluding carboxylic acids is 1. The first-order valence-corrected chi connectivity index (χ1v) is 5.04. The Hall–Kier alpha value is -2.37. The summed E-state index contributed by atoms with van der Waals surface area (Å²) >= 11 is 0. The first kappa shape index (κ1) is 13.7. The first-order chi connectivity index (χ1) is 8.47. The van der Waals surface area contributed by atoms with Crippen molar-refractivity contribution < 1.29 is 23.8 Å². The van der Waals surface area contributed by atoms with Crippen molar-refractivity contribution in [1.82, 2.24) is 0 Å². The number of benzene rings is 1. The van der Waals surface area contributed by atoms with Crippen LogP contribution in [0.5, 0.6) is 0 Å². The van der Waals surface area contributed by atoms with Gasteiger partial charge in [0, 0.05) is 0 Å². The average molecular weight is 253 g/mol. The summed E-state index contributed by atoms with van der Waals surface area (Å²) < 4.78 is 18.2. The molecule has 0 radical (unpaired) electrons. The van der Waals surface area contributed by atoms with Crippen molar-refractivity contribution in [2.24, 2.45) is 0 Å². The van der Waals surface area contributed by atoms with E-state index >= 15 is 0 Å². The van der Waals surface area contributed by atoms with E-state index in [-0.39, 0.29) is 17.9 Å². The maximum absolute atomic E-state index is 13.6. The van der Waals surface area contributed by atoms with Crippen LogP contribution < -0.4 is 5.32 Å². The molecule has 1 aromatic rings. The molecule has 0 atom stereocenters. The lowest BCUT2D eigenvalue weighted by molar-refractivity contribution is 0.0693. The highest BCUT2D eigenvalue weighted by atomic mass is 19.1. The minimum atomic E-state index is -1.46. The summed E-state index contributed by atoms with van der Waals surface area (Å²) in [5, 5.41) is 11.1. The van der Waals surface area contributed by atoms with Crippen molar-refractivity contribution >= 4 is 17.7 Å². The number of hydrogen-bond acceptors (Lipinski definition) is 3. The number of carboxylic acids is 1. The third-order valence-electron chi connectivity index (χ3n) is 2.12. The number of halogens is 1. The van der Waals surface area contributed by atoms with Gasteiger partial charge < -0.3 is 9.84 Å². The van der Waals surface area contributed by atoms with E-state index in [1.165, 1.54) is 25.1 Å². The molecule has 1 aromatic carbocycles. The van der Waals surface area contributed by atoms with E-state index in [0.29, 0.717) is 0 Å². The number of aromatic carboxylic acids is 1. The molecule has 0 saturated heterocycles. The van der Waals surface area contributed by atoms with E-state index in [9.17, 15) is 14.0 Å².